The monoisotopic (exact) mass is 194 g/mol. The van der Waals surface area contributed by atoms with Crippen molar-refractivity contribution in [1.29, 1.82) is 0 Å². The average molecular weight is 194 g/mol. The number of rotatable bonds is 1. The van der Waals surface area contributed by atoms with E-state index in [1.54, 1.807) is 0 Å². The standard InChI is InChI=1S/C12H22N2/c1-9-2-4-14(5-3-9)12-10-6-11(12)8-13-7-10/h9-13H,2-8H2,1H3. The Bertz CT molecular complexity index is 194. The van der Waals surface area contributed by atoms with E-state index in [0.717, 1.165) is 23.8 Å². The first-order valence-electron chi connectivity index (χ1n) is 6.29. The van der Waals surface area contributed by atoms with Crippen molar-refractivity contribution in [2.45, 2.75) is 32.2 Å². The van der Waals surface area contributed by atoms with Gasteiger partial charge in [0.05, 0.1) is 0 Å². The highest BCUT2D eigenvalue weighted by Crippen LogP contribution is 2.41. The van der Waals surface area contributed by atoms with Crippen LogP contribution in [0.5, 0.6) is 0 Å². The molecule has 0 spiro atoms. The molecule has 0 aromatic carbocycles. The minimum Gasteiger partial charge on any atom is -0.316 e. The minimum atomic E-state index is 0.962. The molecule has 2 bridgehead atoms. The molecule has 2 atom stereocenters. The summed E-state index contributed by atoms with van der Waals surface area (Å²) in [4.78, 5) is 2.79. The van der Waals surface area contributed by atoms with Crippen LogP contribution in [-0.4, -0.2) is 37.1 Å². The van der Waals surface area contributed by atoms with Crippen LogP contribution in [0.2, 0.25) is 0 Å². The van der Waals surface area contributed by atoms with Gasteiger partial charge in [0.15, 0.2) is 0 Å². The number of likely N-dealkylation sites (tertiary alicyclic amines) is 1. The van der Waals surface area contributed by atoms with Gasteiger partial charge in [0.1, 0.15) is 0 Å². The van der Waals surface area contributed by atoms with Crippen molar-refractivity contribution in [3.05, 3.63) is 0 Å². The Labute approximate surface area is 87.0 Å². The molecule has 2 heterocycles. The second-order valence-corrected chi connectivity index (χ2v) is 5.62. The fraction of sp³-hybridized carbons (Fsp3) is 1.00. The highest BCUT2D eigenvalue weighted by Gasteiger charge is 2.46. The average Bonchev–Trinajstić information content (AvgIpc) is 2.22. The number of hydrogen-bond acceptors (Lipinski definition) is 2. The van der Waals surface area contributed by atoms with Crippen LogP contribution in [0.15, 0.2) is 0 Å². The number of hydrogen-bond donors (Lipinski definition) is 1. The third kappa shape index (κ3) is 1.40. The van der Waals surface area contributed by atoms with E-state index >= 15 is 0 Å². The molecule has 2 aliphatic heterocycles. The molecular weight excluding hydrogens is 172 g/mol. The van der Waals surface area contributed by atoms with Gasteiger partial charge in [-0.2, -0.15) is 0 Å². The van der Waals surface area contributed by atoms with E-state index in [1.807, 2.05) is 0 Å². The number of nitrogens with zero attached hydrogens (tertiary/aromatic N) is 1. The fourth-order valence-corrected chi connectivity index (χ4v) is 3.64. The molecule has 0 aromatic heterocycles. The zero-order valence-corrected chi connectivity index (χ0v) is 9.21. The van der Waals surface area contributed by atoms with Crippen LogP contribution in [0, 0.1) is 17.8 Å². The van der Waals surface area contributed by atoms with E-state index in [1.165, 1.54) is 45.4 Å². The summed E-state index contributed by atoms with van der Waals surface area (Å²) in [6.45, 7) is 7.72. The minimum absolute atomic E-state index is 0.962. The summed E-state index contributed by atoms with van der Waals surface area (Å²) in [5, 5.41) is 3.54. The first kappa shape index (κ1) is 9.17. The van der Waals surface area contributed by atoms with E-state index in [2.05, 4.69) is 17.1 Å². The lowest BCUT2D eigenvalue weighted by atomic mass is 9.65. The van der Waals surface area contributed by atoms with Gasteiger partial charge in [0.2, 0.25) is 0 Å². The molecule has 2 nitrogen and oxygen atoms in total. The first-order valence-corrected chi connectivity index (χ1v) is 6.29. The normalized spacial score (nSPS) is 44.8. The van der Waals surface area contributed by atoms with Crippen LogP contribution in [0.25, 0.3) is 0 Å². The lowest BCUT2D eigenvalue weighted by Crippen LogP contribution is -2.64. The Morgan fingerprint density at radius 2 is 1.71 bits per heavy atom. The van der Waals surface area contributed by atoms with Gasteiger partial charge in [0, 0.05) is 6.04 Å². The van der Waals surface area contributed by atoms with Crippen molar-refractivity contribution in [3.63, 3.8) is 0 Å². The molecule has 1 aliphatic carbocycles. The number of fused-ring (bicyclic) bond motifs is 2. The predicted molar refractivity (Wildman–Crippen MR) is 58.2 cm³/mol. The zero-order valence-electron chi connectivity index (χ0n) is 9.21. The molecule has 1 saturated carbocycles. The highest BCUT2D eigenvalue weighted by atomic mass is 15.2. The van der Waals surface area contributed by atoms with Crippen LogP contribution in [0.3, 0.4) is 0 Å². The molecule has 2 saturated heterocycles. The largest absolute Gasteiger partial charge is 0.316 e. The molecule has 2 heteroatoms. The van der Waals surface area contributed by atoms with Crippen LogP contribution in [0.1, 0.15) is 26.2 Å². The van der Waals surface area contributed by atoms with Gasteiger partial charge < -0.3 is 5.32 Å². The van der Waals surface area contributed by atoms with Gasteiger partial charge in [0.25, 0.3) is 0 Å². The van der Waals surface area contributed by atoms with Gasteiger partial charge in [-0.05, 0) is 63.2 Å². The third-order valence-electron chi connectivity index (χ3n) is 4.62. The van der Waals surface area contributed by atoms with Crippen molar-refractivity contribution in [1.82, 2.24) is 10.2 Å². The van der Waals surface area contributed by atoms with Crippen LogP contribution in [0.4, 0.5) is 0 Å². The molecule has 3 fully saturated rings. The topological polar surface area (TPSA) is 15.3 Å². The summed E-state index contributed by atoms with van der Waals surface area (Å²) in [6.07, 6.45) is 4.37. The summed E-state index contributed by atoms with van der Waals surface area (Å²) in [7, 11) is 0. The quantitative estimate of drug-likeness (QED) is 0.677. The Balaban J connectivity index is 1.61. The van der Waals surface area contributed by atoms with Crippen molar-refractivity contribution >= 4 is 0 Å². The summed E-state index contributed by atoms with van der Waals surface area (Å²) in [5.74, 6) is 2.95. The molecule has 80 valence electrons. The Kier molecular flexibility index (Phi) is 2.29. The van der Waals surface area contributed by atoms with Gasteiger partial charge in [-0.25, -0.2) is 0 Å². The lowest BCUT2D eigenvalue weighted by Gasteiger charge is -2.55. The maximum Gasteiger partial charge on any atom is 0.0176 e. The summed E-state index contributed by atoms with van der Waals surface area (Å²) >= 11 is 0. The predicted octanol–water partition coefficient (Wildman–Crippen LogP) is 1.33. The van der Waals surface area contributed by atoms with Crippen molar-refractivity contribution in [3.8, 4) is 0 Å². The third-order valence-corrected chi connectivity index (χ3v) is 4.62. The Morgan fingerprint density at radius 1 is 1.07 bits per heavy atom. The van der Waals surface area contributed by atoms with E-state index in [4.69, 9.17) is 0 Å². The molecule has 1 N–H and O–H groups in total. The maximum absolute atomic E-state index is 3.54. The smallest absolute Gasteiger partial charge is 0.0176 e. The highest BCUT2D eigenvalue weighted by molar-refractivity contribution is 5.02. The summed E-state index contributed by atoms with van der Waals surface area (Å²) < 4.78 is 0. The van der Waals surface area contributed by atoms with Crippen molar-refractivity contribution in [2.24, 2.45) is 17.8 Å². The van der Waals surface area contributed by atoms with Crippen molar-refractivity contribution in [2.75, 3.05) is 26.2 Å². The zero-order chi connectivity index (χ0) is 9.54. The van der Waals surface area contributed by atoms with Gasteiger partial charge >= 0.3 is 0 Å². The lowest BCUT2D eigenvalue weighted by molar-refractivity contribution is -0.0397. The molecular formula is C12H22N2. The summed E-state index contributed by atoms with van der Waals surface area (Å²) in [6, 6.07) is 0.962. The molecule has 0 aromatic rings. The molecule has 14 heavy (non-hydrogen) atoms. The molecule has 3 aliphatic rings. The van der Waals surface area contributed by atoms with E-state index in [-0.39, 0.29) is 0 Å². The van der Waals surface area contributed by atoms with Crippen LogP contribution < -0.4 is 5.32 Å². The van der Waals surface area contributed by atoms with Gasteiger partial charge in [-0.3, -0.25) is 4.90 Å². The fourth-order valence-electron chi connectivity index (χ4n) is 3.64. The van der Waals surface area contributed by atoms with Crippen LogP contribution >= 0.6 is 0 Å². The van der Waals surface area contributed by atoms with E-state index in [0.29, 0.717) is 0 Å². The molecule has 0 radical (unpaired) electrons. The SMILES string of the molecule is CC1CCN(C2C3CNCC2C3)CC1. The van der Waals surface area contributed by atoms with Crippen LogP contribution in [-0.2, 0) is 0 Å². The van der Waals surface area contributed by atoms with E-state index < -0.39 is 0 Å². The first-order chi connectivity index (χ1) is 6.84. The number of nitrogens with one attached hydrogen (secondary N) is 1. The molecule has 2 unspecified atom stereocenters. The maximum atomic E-state index is 3.54. The Hall–Kier alpha value is -0.0800. The van der Waals surface area contributed by atoms with E-state index in [9.17, 15) is 0 Å². The second-order valence-electron chi connectivity index (χ2n) is 5.62. The molecule has 3 rings (SSSR count). The Morgan fingerprint density at radius 3 is 2.29 bits per heavy atom. The number of piperidine rings is 3. The molecule has 0 amide bonds. The van der Waals surface area contributed by atoms with Crippen molar-refractivity contribution < 1.29 is 0 Å². The van der Waals surface area contributed by atoms with Gasteiger partial charge in [-0.15, -0.1) is 0 Å². The summed E-state index contributed by atoms with van der Waals surface area (Å²) in [5.41, 5.74) is 0. The van der Waals surface area contributed by atoms with Gasteiger partial charge in [-0.1, -0.05) is 6.92 Å². The second kappa shape index (κ2) is 3.49.